The molecular formula is C26H32N2O3. The lowest BCUT2D eigenvalue weighted by atomic mass is 10.0. The molecule has 2 aromatic rings. The maximum atomic E-state index is 12.8. The van der Waals surface area contributed by atoms with Gasteiger partial charge in [0, 0.05) is 5.69 Å². The highest BCUT2D eigenvalue weighted by molar-refractivity contribution is 6.10. The summed E-state index contributed by atoms with van der Waals surface area (Å²) < 4.78 is 11.3. The average Bonchev–Trinajstić information content (AvgIpc) is 2.78. The summed E-state index contributed by atoms with van der Waals surface area (Å²) in [6.07, 6.45) is 6.87. The molecule has 0 aliphatic rings. The molecule has 0 heterocycles. The van der Waals surface area contributed by atoms with Crippen molar-refractivity contribution in [2.75, 3.05) is 19.0 Å². The van der Waals surface area contributed by atoms with E-state index in [-0.39, 0.29) is 5.57 Å². The lowest BCUT2D eigenvalue weighted by Gasteiger charge is -2.13. The lowest BCUT2D eigenvalue weighted by molar-refractivity contribution is -0.112. The molecule has 164 valence electrons. The molecule has 0 aliphatic carbocycles. The molecule has 0 aromatic heterocycles. The van der Waals surface area contributed by atoms with Gasteiger partial charge in [0.05, 0.1) is 13.7 Å². The molecule has 0 radical (unpaired) electrons. The van der Waals surface area contributed by atoms with E-state index in [1.54, 1.807) is 19.3 Å². The predicted molar refractivity (Wildman–Crippen MR) is 125 cm³/mol. The van der Waals surface area contributed by atoms with Gasteiger partial charge in [0.1, 0.15) is 11.6 Å². The van der Waals surface area contributed by atoms with Crippen LogP contribution in [0.15, 0.2) is 42.0 Å². The van der Waals surface area contributed by atoms with Crippen molar-refractivity contribution in [2.45, 2.75) is 52.9 Å². The van der Waals surface area contributed by atoms with Gasteiger partial charge in [-0.15, -0.1) is 0 Å². The Morgan fingerprint density at radius 1 is 1.13 bits per heavy atom. The number of anilines is 1. The van der Waals surface area contributed by atoms with Crippen molar-refractivity contribution in [2.24, 2.45) is 0 Å². The highest BCUT2D eigenvalue weighted by Crippen LogP contribution is 2.29. The third kappa shape index (κ3) is 6.89. The number of unbranched alkanes of at least 4 members (excludes halogenated alkanes) is 3. The number of carbonyl (C=O) groups excluding carboxylic acids is 1. The minimum Gasteiger partial charge on any atom is -0.493 e. The summed E-state index contributed by atoms with van der Waals surface area (Å²) in [5, 5.41) is 12.5. The summed E-state index contributed by atoms with van der Waals surface area (Å²) in [5.74, 6) is 0.808. The first kappa shape index (κ1) is 24.0. The smallest absolute Gasteiger partial charge is 0.266 e. The Balaban J connectivity index is 2.16. The van der Waals surface area contributed by atoms with Crippen LogP contribution in [0.3, 0.4) is 0 Å². The first-order valence-corrected chi connectivity index (χ1v) is 10.9. The van der Waals surface area contributed by atoms with Crippen LogP contribution in [0.2, 0.25) is 0 Å². The number of rotatable bonds is 11. The van der Waals surface area contributed by atoms with E-state index in [1.165, 1.54) is 12.8 Å². The Bertz CT molecular complexity index is 958. The molecular weight excluding hydrogens is 388 g/mol. The number of benzene rings is 2. The van der Waals surface area contributed by atoms with E-state index in [2.05, 4.69) is 12.2 Å². The van der Waals surface area contributed by atoms with Gasteiger partial charge >= 0.3 is 0 Å². The van der Waals surface area contributed by atoms with Gasteiger partial charge in [-0.05, 0) is 54.7 Å². The molecule has 0 spiro atoms. The van der Waals surface area contributed by atoms with Gasteiger partial charge in [0.25, 0.3) is 5.91 Å². The number of hydrogen-bond donors (Lipinski definition) is 1. The quantitative estimate of drug-likeness (QED) is 0.272. The van der Waals surface area contributed by atoms with Crippen molar-refractivity contribution < 1.29 is 14.3 Å². The molecule has 0 bridgehead atoms. The first-order valence-electron chi connectivity index (χ1n) is 10.9. The van der Waals surface area contributed by atoms with Crippen molar-refractivity contribution in [3.63, 3.8) is 0 Å². The second-order valence-corrected chi connectivity index (χ2v) is 7.41. The van der Waals surface area contributed by atoms with Crippen molar-refractivity contribution in [3.8, 4) is 17.6 Å². The predicted octanol–water partition coefficient (Wildman–Crippen LogP) is 6.07. The van der Waals surface area contributed by atoms with Crippen LogP contribution in [0.4, 0.5) is 5.69 Å². The van der Waals surface area contributed by atoms with Gasteiger partial charge in [0.2, 0.25) is 0 Å². The monoisotopic (exact) mass is 420 g/mol. The number of aryl methyl sites for hydroxylation is 2. The average molecular weight is 421 g/mol. The van der Waals surface area contributed by atoms with E-state index in [1.807, 2.05) is 50.2 Å². The number of hydrogen-bond acceptors (Lipinski definition) is 4. The number of carbonyl (C=O) groups is 1. The maximum absolute atomic E-state index is 12.8. The molecule has 5 nitrogen and oxygen atoms in total. The van der Waals surface area contributed by atoms with Crippen LogP contribution in [-0.4, -0.2) is 19.6 Å². The molecule has 1 amide bonds. The topological polar surface area (TPSA) is 71.3 Å². The van der Waals surface area contributed by atoms with Crippen LogP contribution < -0.4 is 14.8 Å². The van der Waals surface area contributed by atoms with Gasteiger partial charge in [-0.1, -0.05) is 57.4 Å². The Morgan fingerprint density at radius 3 is 2.61 bits per heavy atom. The highest BCUT2D eigenvalue weighted by Gasteiger charge is 2.14. The van der Waals surface area contributed by atoms with E-state index in [9.17, 15) is 10.1 Å². The number of amides is 1. The molecule has 0 atom stereocenters. The second-order valence-electron chi connectivity index (χ2n) is 7.41. The number of para-hydroxylation sites is 1. The van der Waals surface area contributed by atoms with Gasteiger partial charge in [0.15, 0.2) is 11.5 Å². The molecule has 0 saturated carbocycles. The van der Waals surface area contributed by atoms with Crippen LogP contribution in [0, 0.1) is 18.3 Å². The van der Waals surface area contributed by atoms with Crippen LogP contribution >= 0.6 is 0 Å². The molecule has 31 heavy (non-hydrogen) atoms. The van der Waals surface area contributed by atoms with Crippen LogP contribution in [0.5, 0.6) is 11.5 Å². The Labute approximate surface area is 185 Å². The standard InChI is InChI=1S/C26H32N2O3/c1-5-7-8-9-15-31-23-14-13-20(17-24(23)30-4)16-22(18-27)26(29)28-25-19(3)11-10-12-21(25)6-2/h10-14,16-17H,5-9,15H2,1-4H3,(H,28,29)/b22-16+. The fourth-order valence-electron chi connectivity index (χ4n) is 3.30. The fourth-order valence-corrected chi connectivity index (χ4v) is 3.30. The van der Waals surface area contributed by atoms with E-state index < -0.39 is 5.91 Å². The Kier molecular flexibility index (Phi) is 9.64. The third-order valence-corrected chi connectivity index (χ3v) is 5.10. The number of nitrogens with zero attached hydrogens (tertiary/aromatic N) is 1. The van der Waals surface area contributed by atoms with Crippen molar-refractivity contribution in [3.05, 3.63) is 58.7 Å². The summed E-state index contributed by atoms with van der Waals surface area (Å²) in [7, 11) is 1.58. The molecule has 0 fully saturated rings. The molecule has 1 N–H and O–H groups in total. The Hall–Kier alpha value is -3.26. The van der Waals surface area contributed by atoms with Crippen molar-refractivity contribution >= 4 is 17.7 Å². The van der Waals surface area contributed by atoms with E-state index in [0.29, 0.717) is 23.7 Å². The van der Waals surface area contributed by atoms with Gasteiger partial charge in [-0.2, -0.15) is 5.26 Å². The van der Waals surface area contributed by atoms with Gasteiger partial charge in [-0.3, -0.25) is 4.79 Å². The molecule has 2 rings (SSSR count). The molecule has 0 unspecified atom stereocenters. The van der Waals surface area contributed by atoms with E-state index >= 15 is 0 Å². The molecule has 5 heteroatoms. The van der Waals surface area contributed by atoms with E-state index in [0.717, 1.165) is 36.1 Å². The zero-order valence-electron chi connectivity index (χ0n) is 19.0. The zero-order valence-corrected chi connectivity index (χ0v) is 19.0. The third-order valence-electron chi connectivity index (χ3n) is 5.10. The van der Waals surface area contributed by atoms with Crippen LogP contribution in [-0.2, 0) is 11.2 Å². The lowest BCUT2D eigenvalue weighted by Crippen LogP contribution is -2.15. The van der Waals surface area contributed by atoms with Gasteiger partial charge in [-0.25, -0.2) is 0 Å². The van der Waals surface area contributed by atoms with Crippen molar-refractivity contribution in [1.29, 1.82) is 5.26 Å². The minimum absolute atomic E-state index is 0.0283. The summed E-state index contributed by atoms with van der Waals surface area (Å²) in [6, 6.07) is 13.3. The molecule has 0 saturated heterocycles. The maximum Gasteiger partial charge on any atom is 0.266 e. The summed E-state index contributed by atoms with van der Waals surface area (Å²) >= 11 is 0. The number of nitriles is 1. The minimum atomic E-state index is -0.429. The van der Waals surface area contributed by atoms with Crippen LogP contribution in [0.1, 0.15) is 56.2 Å². The van der Waals surface area contributed by atoms with Crippen molar-refractivity contribution in [1.82, 2.24) is 0 Å². The molecule has 2 aromatic carbocycles. The largest absolute Gasteiger partial charge is 0.493 e. The normalized spacial score (nSPS) is 11.0. The van der Waals surface area contributed by atoms with Gasteiger partial charge < -0.3 is 14.8 Å². The second kappa shape index (κ2) is 12.4. The highest BCUT2D eigenvalue weighted by atomic mass is 16.5. The summed E-state index contributed by atoms with van der Waals surface area (Å²) in [6.45, 7) is 6.78. The molecule has 0 aliphatic heterocycles. The zero-order chi connectivity index (χ0) is 22.6. The number of nitrogens with one attached hydrogen (secondary N) is 1. The summed E-state index contributed by atoms with van der Waals surface area (Å²) in [5.41, 5.74) is 3.49. The SMILES string of the molecule is CCCCCCOc1ccc(/C=C(\C#N)C(=O)Nc2c(C)cccc2CC)cc1OC. The first-order chi connectivity index (χ1) is 15.0. The summed E-state index contributed by atoms with van der Waals surface area (Å²) in [4.78, 5) is 12.8. The Morgan fingerprint density at radius 2 is 1.94 bits per heavy atom. The number of methoxy groups -OCH3 is 1. The number of ether oxygens (including phenoxy) is 2. The van der Waals surface area contributed by atoms with E-state index in [4.69, 9.17) is 9.47 Å². The van der Waals surface area contributed by atoms with Crippen LogP contribution in [0.25, 0.3) is 6.08 Å². The fraction of sp³-hybridized carbons (Fsp3) is 0.385.